The minimum Gasteiger partial charge on any atom is -0.493 e. The molecule has 1 aliphatic rings. The van der Waals surface area contributed by atoms with E-state index in [1.165, 1.54) is 0 Å². The number of aliphatic carboxylic acids is 1. The molecule has 4 heteroatoms. The van der Waals surface area contributed by atoms with Crippen molar-refractivity contribution in [3.8, 4) is 5.75 Å². The van der Waals surface area contributed by atoms with Gasteiger partial charge in [-0.1, -0.05) is 25.1 Å². The fraction of sp³-hybridized carbons (Fsp3) is 0.533. The van der Waals surface area contributed by atoms with Crippen LogP contribution in [0.1, 0.15) is 32.8 Å². The van der Waals surface area contributed by atoms with Crippen LogP contribution < -0.4 is 10.5 Å². The zero-order valence-electron chi connectivity index (χ0n) is 11.6. The number of fused-ring (bicyclic) bond motifs is 1. The van der Waals surface area contributed by atoms with Crippen molar-refractivity contribution in [3.05, 3.63) is 29.8 Å². The fourth-order valence-electron chi connectivity index (χ4n) is 3.30. The smallest absolute Gasteiger partial charge is 0.304 e. The van der Waals surface area contributed by atoms with Crippen molar-refractivity contribution in [3.63, 3.8) is 0 Å². The lowest BCUT2D eigenvalue weighted by Crippen LogP contribution is -2.61. The van der Waals surface area contributed by atoms with Crippen LogP contribution in [0.3, 0.4) is 0 Å². The standard InChI is InChI=1S/C15H21NO3/c1-10-9-19-12-7-5-4-6-11(12)15(10,8-13(17)18)14(2,3)16/h4-7,10H,8-9,16H2,1-3H3,(H,17,18). The minimum atomic E-state index is -0.831. The number of hydrogen-bond acceptors (Lipinski definition) is 3. The van der Waals surface area contributed by atoms with Gasteiger partial charge in [0.15, 0.2) is 0 Å². The number of nitrogens with two attached hydrogens (primary N) is 1. The first kappa shape index (κ1) is 13.9. The van der Waals surface area contributed by atoms with Crippen molar-refractivity contribution in [2.24, 2.45) is 11.7 Å². The number of hydrogen-bond donors (Lipinski definition) is 2. The summed E-state index contributed by atoms with van der Waals surface area (Å²) in [4.78, 5) is 11.4. The number of rotatable bonds is 3. The molecule has 104 valence electrons. The summed E-state index contributed by atoms with van der Waals surface area (Å²) in [6.45, 7) is 6.29. The van der Waals surface area contributed by atoms with E-state index in [4.69, 9.17) is 10.5 Å². The molecule has 3 N–H and O–H groups in total. The van der Waals surface area contributed by atoms with Crippen molar-refractivity contribution >= 4 is 5.97 Å². The molecule has 0 fully saturated rings. The molecule has 0 bridgehead atoms. The van der Waals surface area contributed by atoms with Crippen LogP contribution in [-0.4, -0.2) is 23.2 Å². The molecule has 0 saturated heterocycles. The first-order valence-electron chi connectivity index (χ1n) is 6.52. The topological polar surface area (TPSA) is 72.5 Å². The van der Waals surface area contributed by atoms with Gasteiger partial charge in [0.25, 0.3) is 0 Å². The second-order valence-electron chi connectivity index (χ2n) is 5.97. The SMILES string of the molecule is CC1COc2ccccc2C1(CC(=O)O)C(C)(C)N. The van der Waals surface area contributed by atoms with Crippen LogP contribution in [0.15, 0.2) is 24.3 Å². The van der Waals surface area contributed by atoms with Gasteiger partial charge < -0.3 is 15.6 Å². The maximum Gasteiger partial charge on any atom is 0.304 e. The molecule has 0 spiro atoms. The van der Waals surface area contributed by atoms with Gasteiger partial charge in [-0.2, -0.15) is 0 Å². The Balaban J connectivity index is 2.67. The number of carbonyl (C=O) groups is 1. The van der Waals surface area contributed by atoms with E-state index < -0.39 is 16.9 Å². The van der Waals surface area contributed by atoms with E-state index in [1.807, 2.05) is 45.0 Å². The average Bonchev–Trinajstić information content (AvgIpc) is 2.31. The summed E-state index contributed by atoms with van der Waals surface area (Å²) in [6.07, 6.45) is 0.0119. The number of carboxylic acids is 1. The van der Waals surface area contributed by atoms with Crippen molar-refractivity contribution in [1.82, 2.24) is 0 Å². The Morgan fingerprint density at radius 2 is 2.16 bits per heavy atom. The monoisotopic (exact) mass is 263 g/mol. The fourth-order valence-corrected chi connectivity index (χ4v) is 3.30. The van der Waals surface area contributed by atoms with Gasteiger partial charge in [0.2, 0.25) is 0 Å². The lowest BCUT2D eigenvalue weighted by molar-refractivity contribution is -0.140. The van der Waals surface area contributed by atoms with Crippen LogP contribution in [-0.2, 0) is 10.2 Å². The van der Waals surface area contributed by atoms with Gasteiger partial charge in [-0.15, -0.1) is 0 Å². The number of para-hydroxylation sites is 1. The summed E-state index contributed by atoms with van der Waals surface area (Å²) in [6, 6.07) is 7.61. The molecule has 2 atom stereocenters. The van der Waals surface area contributed by atoms with Gasteiger partial charge >= 0.3 is 5.97 Å². The number of benzene rings is 1. The Morgan fingerprint density at radius 1 is 1.53 bits per heavy atom. The van der Waals surface area contributed by atoms with Gasteiger partial charge in [0.05, 0.1) is 13.0 Å². The third-order valence-corrected chi connectivity index (χ3v) is 4.28. The molecule has 0 aliphatic carbocycles. The van der Waals surface area contributed by atoms with Crippen LogP contribution in [0.25, 0.3) is 0 Å². The zero-order valence-corrected chi connectivity index (χ0v) is 11.6. The van der Waals surface area contributed by atoms with Crippen LogP contribution in [0.2, 0.25) is 0 Å². The van der Waals surface area contributed by atoms with E-state index in [0.29, 0.717) is 6.61 Å². The summed E-state index contributed by atoms with van der Waals surface area (Å²) < 4.78 is 5.72. The molecule has 2 rings (SSSR count). The minimum absolute atomic E-state index is 0.0119. The molecule has 0 aromatic heterocycles. The molecule has 0 radical (unpaired) electrons. The Kier molecular flexibility index (Phi) is 3.31. The van der Waals surface area contributed by atoms with Crippen LogP contribution in [0, 0.1) is 5.92 Å². The van der Waals surface area contributed by atoms with E-state index >= 15 is 0 Å². The largest absolute Gasteiger partial charge is 0.493 e. The molecular formula is C15H21NO3. The molecule has 1 aromatic rings. The van der Waals surface area contributed by atoms with Crippen LogP contribution in [0.4, 0.5) is 0 Å². The van der Waals surface area contributed by atoms with E-state index in [1.54, 1.807) is 0 Å². The Bertz CT molecular complexity index is 492. The third kappa shape index (κ3) is 2.10. The molecule has 1 heterocycles. The van der Waals surface area contributed by atoms with E-state index in [9.17, 15) is 9.90 Å². The van der Waals surface area contributed by atoms with Crippen molar-refractivity contribution in [1.29, 1.82) is 0 Å². The second kappa shape index (κ2) is 4.53. The maximum absolute atomic E-state index is 11.4. The summed E-state index contributed by atoms with van der Waals surface area (Å²) in [5, 5.41) is 9.34. The zero-order chi connectivity index (χ0) is 14.3. The first-order chi connectivity index (χ1) is 8.79. The number of carboxylic acid groups (broad SMARTS) is 1. The van der Waals surface area contributed by atoms with E-state index in [2.05, 4.69) is 0 Å². The predicted octanol–water partition coefficient (Wildman–Crippen LogP) is 2.16. The second-order valence-corrected chi connectivity index (χ2v) is 5.97. The van der Waals surface area contributed by atoms with Gasteiger partial charge in [-0.25, -0.2) is 0 Å². The highest BCUT2D eigenvalue weighted by Crippen LogP contribution is 2.50. The quantitative estimate of drug-likeness (QED) is 0.876. The maximum atomic E-state index is 11.4. The molecular weight excluding hydrogens is 242 g/mol. The average molecular weight is 263 g/mol. The first-order valence-corrected chi connectivity index (χ1v) is 6.52. The Hall–Kier alpha value is -1.55. The van der Waals surface area contributed by atoms with Crippen LogP contribution in [0.5, 0.6) is 5.75 Å². The normalized spacial score (nSPS) is 26.4. The molecule has 1 aromatic carbocycles. The Labute approximate surface area is 113 Å². The molecule has 4 nitrogen and oxygen atoms in total. The van der Waals surface area contributed by atoms with E-state index in [0.717, 1.165) is 11.3 Å². The van der Waals surface area contributed by atoms with E-state index in [-0.39, 0.29) is 12.3 Å². The molecule has 2 unspecified atom stereocenters. The lowest BCUT2D eigenvalue weighted by Gasteiger charge is -2.51. The predicted molar refractivity (Wildman–Crippen MR) is 73.3 cm³/mol. The highest BCUT2D eigenvalue weighted by molar-refractivity contribution is 5.70. The Morgan fingerprint density at radius 3 is 2.74 bits per heavy atom. The summed E-state index contributed by atoms with van der Waals surface area (Å²) >= 11 is 0. The van der Waals surface area contributed by atoms with Gasteiger partial charge in [0.1, 0.15) is 5.75 Å². The number of ether oxygens (including phenoxy) is 1. The lowest BCUT2D eigenvalue weighted by atomic mass is 9.57. The molecule has 0 amide bonds. The summed E-state index contributed by atoms with van der Waals surface area (Å²) in [7, 11) is 0. The van der Waals surface area contributed by atoms with Crippen LogP contribution >= 0.6 is 0 Å². The van der Waals surface area contributed by atoms with Gasteiger partial charge in [0, 0.05) is 22.4 Å². The molecule has 19 heavy (non-hydrogen) atoms. The summed E-state index contributed by atoms with van der Waals surface area (Å²) in [5.41, 5.74) is 6.02. The molecule has 0 saturated carbocycles. The molecule has 1 aliphatic heterocycles. The highest BCUT2D eigenvalue weighted by atomic mass is 16.5. The van der Waals surface area contributed by atoms with Gasteiger partial charge in [-0.05, 0) is 19.9 Å². The van der Waals surface area contributed by atoms with Gasteiger partial charge in [-0.3, -0.25) is 4.79 Å². The van der Waals surface area contributed by atoms with Crippen molar-refractivity contribution < 1.29 is 14.6 Å². The summed E-state index contributed by atoms with van der Waals surface area (Å²) in [5.74, 6) is -0.0408. The van der Waals surface area contributed by atoms with Crippen molar-refractivity contribution in [2.75, 3.05) is 6.61 Å². The van der Waals surface area contributed by atoms with Crippen molar-refractivity contribution in [2.45, 2.75) is 38.1 Å². The third-order valence-electron chi connectivity index (χ3n) is 4.28. The highest BCUT2D eigenvalue weighted by Gasteiger charge is 2.53.